The molecule has 0 aliphatic heterocycles. The van der Waals surface area contributed by atoms with Crippen LogP contribution in [0.25, 0.3) is 0 Å². The Hall–Kier alpha value is -1.07. The van der Waals surface area contributed by atoms with Gasteiger partial charge in [0.15, 0.2) is 5.82 Å². The minimum atomic E-state index is -0.289. The first-order valence-corrected chi connectivity index (χ1v) is 6.76. The Balaban J connectivity index is 2.33. The van der Waals surface area contributed by atoms with Crippen molar-refractivity contribution < 1.29 is 0 Å². The third-order valence-corrected chi connectivity index (χ3v) is 4.05. The maximum Gasteiger partial charge on any atom is 0.271 e. The number of nitrogens with zero attached hydrogens (tertiary/aromatic N) is 2. The van der Waals surface area contributed by atoms with E-state index in [4.69, 9.17) is 17.3 Å². The van der Waals surface area contributed by atoms with Crippen molar-refractivity contribution in [3.05, 3.63) is 21.7 Å². The van der Waals surface area contributed by atoms with Crippen LogP contribution in [0.3, 0.4) is 0 Å². The molecule has 100 valence electrons. The van der Waals surface area contributed by atoms with E-state index in [2.05, 4.69) is 14.9 Å². The van der Waals surface area contributed by atoms with Crippen LogP contribution in [-0.4, -0.2) is 29.1 Å². The largest absolute Gasteiger partial charge is 0.352 e. The Labute approximate surface area is 111 Å². The summed E-state index contributed by atoms with van der Waals surface area (Å²) in [6.45, 7) is 3.49. The predicted molar refractivity (Wildman–Crippen MR) is 73.1 cm³/mol. The Morgan fingerprint density at radius 1 is 1.61 bits per heavy atom. The average molecular weight is 271 g/mol. The fourth-order valence-electron chi connectivity index (χ4n) is 2.82. The van der Waals surface area contributed by atoms with E-state index in [1.807, 2.05) is 6.92 Å². The number of anilines is 1. The molecule has 0 saturated heterocycles. The van der Waals surface area contributed by atoms with Crippen LogP contribution in [0.2, 0.25) is 5.02 Å². The van der Waals surface area contributed by atoms with Crippen LogP contribution in [0.15, 0.2) is 11.1 Å². The molecule has 1 fully saturated rings. The standard InChI is InChI=1S/C12H19ClN4O/c1-2-17(9-5-3-4-8(9)6-14)11-10(13)12(18)16-7-15-11/h7-9H,2-6,14H2,1H3,(H,15,16,18). The lowest BCUT2D eigenvalue weighted by atomic mass is 10.0. The molecule has 1 aromatic heterocycles. The van der Waals surface area contributed by atoms with Crippen LogP contribution in [-0.2, 0) is 0 Å². The van der Waals surface area contributed by atoms with E-state index in [1.54, 1.807) is 0 Å². The molecule has 2 unspecified atom stereocenters. The summed E-state index contributed by atoms with van der Waals surface area (Å²) in [7, 11) is 0. The van der Waals surface area contributed by atoms with Crippen molar-refractivity contribution in [2.45, 2.75) is 32.2 Å². The maximum atomic E-state index is 11.5. The van der Waals surface area contributed by atoms with Gasteiger partial charge in [-0.2, -0.15) is 0 Å². The number of hydrogen-bond acceptors (Lipinski definition) is 4. The van der Waals surface area contributed by atoms with Gasteiger partial charge < -0.3 is 15.6 Å². The van der Waals surface area contributed by atoms with Crippen LogP contribution in [0, 0.1) is 5.92 Å². The van der Waals surface area contributed by atoms with Crippen molar-refractivity contribution in [1.29, 1.82) is 0 Å². The van der Waals surface area contributed by atoms with Gasteiger partial charge in [-0.3, -0.25) is 4.79 Å². The normalized spacial score (nSPS) is 23.3. The summed E-state index contributed by atoms with van der Waals surface area (Å²) in [5, 5.41) is 0.169. The van der Waals surface area contributed by atoms with Gasteiger partial charge in [0, 0.05) is 12.6 Å². The molecule has 18 heavy (non-hydrogen) atoms. The highest BCUT2D eigenvalue weighted by molar-refractivity contribution is 6.32. The second-order valence-electron chi connectivity index (χ2n) is 4.65. The number of hydrogen-bond donors (Lipinski definition) is 2. The van der Waals surface area contributed by atoms with Gasteiger partial charge in [0.2, 0.25) is 0 Å². The Bertz CT molecular complexity index is 462. The molecule has 1 aliphatic rings. The van der Waals surface area contributed by atoms with Crippen LogP contribution in [0.5, 0.6) is 0 Å². The molecule has 6 heteroatoms. The van der Waals surface area contributed by atoms with Crippen LogP contribution in [0.1, 0.15) is 26.2 Å². The Kier molecular flexibility index (Phi) is 4.24. The van der Waals surface area contributed by atoms with Gasteiger partial charge in [-0.05, 0) is 32.2 Å². The van der Waals surface area contributed by atoms with Gasteiger partial charge in [-0.15, -0.1) is 0 Å². The van der Waals surface area contributed by atoms with E-state index in [0.717, 1.165) is 19.4 Å². The van der Waals surface area contributed by atoms with Gasteiger partial charge in [0.25, 0.3) is 5.56 Å². The van der Waals surface area contributed by atoms with Crippen molar-refractivity contribution >= 4 is 17.4 Å². The fourth-order valence-corrected chi connectivity index (χ4v) is 3.03. The summed E-state index contributed by atoms with van der Waals surface area (Å²) in [4.78, 5) is 20.4. The van der Waals surface area contributed by atoms with E-state index in [9.17, 15) is 4.79 Å². The molecular formula is C12H19ClN4O. The first-order valence-electron chi connectivity index (χ1n) is 6.39. The first-order chi connectivity index (χ1) is 8.69. The van der Waals surface area contributed by atoms with Crippen molar-refractivity contribution in [2.75, 3.05) is 18.0 Å². The highest BCUT2D eigenvalue weighted by atomic mass is 35.5. The number of rotatable bonds is 4. The van der Waals surface area contributed by atoms with Gasteiger partial charge in [0.05, 0.1) is 6.33 Å². The van der Waals surface area contributed by atoms with Crippen LogP contribution in [0.4, 0.5) is 5.82 Å². The number of nitrogens with two attached hydrogens (primary N) is 1. The third kappa shape index (κ3) is 2.37. The molecule has 3 N–H and O–H groups in total. The van der Waals surface area contributed by atoms with Gasteiger partial charge in [-0.25, -0.2) is 4.98 Å². The predicted octanol–water partition coefficient (Wildman–Crippen LogP) is 1.38. The highest BCUT2D eigenvalue weighted by Crippen LogP contribution is 2.33. The zero-order valence-electron chi connectivity index (χ0n) is 10.5. The fraction of sp³-hybridized carbons (Fsp3) is 0.667. The summed E-state index contributed by atoms with van der Waals surface area (Å²) in [6.07, 6.45) is 4.79. The lowest BCUT2D eigenvalue weighted by Crippen LogP contribution is -2.41. The Morgan fingerprint density at radius 3 is 3.06 bits per heavy atom. The molecular weight excluding hydrogens is 252 g/mol. The molecule has 1 heterocycles. The minimum absolute atomic E-state index is 0.169. The minimum Gasteiger partial charge on any atom is -0.352 e. The van der Waals surface area contributed by atoms with E-state index in [-0.39, 0.29) is 10.6 Å². The molecule has 0 radical (unpaired) electrons. The number of H-pyrrole nitrogens is 1. The van der Waals surface area contributed by atoms with E-state index in [1.165, 1.54) is 12.7 Å². The summed E-state index contributed by atoms with van der Waals surface area (Å²) in [5.74, 6) is 1.04. The summed E-state index contributed by atoms with van der Waals surface area (Å²) < 4.78 is 0. The molecule has 0 amide bonds. The number of halogens is 1. The third-order valence-electron chi connectivity index (χ3n) is 3.71. The molecule has 0 bridgehead atoms. The molecule has 1 aromatic rings. The number of nitrogens with one attached hydrogen (secondary N) is 1. The smallest absolute Gasteiger partial charge is 0.271 e. The van der Waals surface area contributed by atoms with E-state index < -0.39 is 0 Å². The molecule has 1 saturated carbocycles. The zero-order chi connectivity index (χ0) is 13.1. The molecule has 2 atom stereocenters. The van der Waals surface area contributed by atoms with Gasteiger partial charge in [0.1, 0.15) is 5.02 Å². The molecule has 0 spiro atoms. The quantitative estimate of drug-likeness (QED) is 0.867. The first kappa shape index (κ1) is 13.4. The SMILES string of the molecule is CCN(c1nc[nH]c(=O)c1Cl)C1CCCC1CN. The maximum absolute atomic E-state index is 11.5. The molecule has 1 aliphatic carbocycles. The van der Waals surface area contributed by atoms with Crippen molar-refractivity contribution in [3.63, 3.8) is 0 Å². The zero-order valence-corrected chi connectivity index (χ0v) is 11.3. The van der Waals surface area contributed by atoms with Gasteiger partial charge in [-0.1, -0.05) is 18.0 Å². The monoisotopic (exact) mass is 270 g/mol. The van der Waals surface area contributed by atoms with E-state index in [0.29, 0.717) is 24.3 Å². The number of aromatic nitrogens is 2. The van der Waals surface area contributed by atoms with Gasteiger partial charge >= 0.3 is 0 Å². The van der Waals surface area contributed by atoms with Crippen LogP contribution < -0.4 is 16.2 Å². The second-order valence-corrected chi connectivity index (χ2v) is 5.03. The molecule has 2 rings (SSSR count). The Morgan fingerprint density at radius 2 is 2.39 bits per heavy atom. The molecule has 5 nitrogen and oxygen atoms in total. The lowest BCUT2D eigenvalue weighted by Gasteiger charge is -2.33. The topological polar surface area (TPSA) is 75.0 Å². The number of aromatic amines is 1. The van der Waals surface area contributed by atoms with Crippen molar-refractivity contribution in [3.8, 4) is 0 Å². The highest BCUT2D eigenvalue weighted by Gasteiger charge is 2.32. The summed E-state index contributed by atoms with van der Waals surface area (Å²) in [5.41, 5.74) is 5.53. The summed E-state index contributed by atoms with van der Waals surface area (Å²) >= 11 is 6.06. The van der Waals surface area contributed by atoms with Crippen molar-refractivity contribution in [1.82, 2.24) is 9.97 Å². The average Bonchev–Trinajstić information content (AvgIpc) is 2.83. The van der Waals surface area contributed by atoms with E-state index >= 15 is 0 Å². The second kappa shape index (κ2) is 5.71. The van der Waals surface area contributed by atoms with Crippen LogP contribution >= 0.6 is 11.6 Å². The lowest BCUT2D eigenvalue weighted by molar-refractivity contribution is 0.459. The summed E-state index contributed by atoms with van der Waals surface area (Å²) in [6, 6.07) is 0.340. The molecule has 0 aromatic carbocycles. The van der Waals surface area contributed by atoms with Crippen molar-refractivity contribution in [2.24, 2.45) is 11.7 Å².